The molecule has 11 nitrogen and oxygen atoms in total. The summed E-state index contributed by atoms with van der Waals surface area (Å²) in [4.78, 5) is 60.7. The number of aryl methyl sites for hydroxylation is 2. The first-order valence-corrected chi connectivity index (χ1v) is 21.9. The summed E-state index contributed by atoms with van der Waals surface area (Å²) in [5.74, 6) is -0.919. The van der Waals surface area contributed by atoms with E-state index in [-0.39, 0.29) is 54.1 Å². The monoisotopic (exact) mass is 802 g/mol. The minimum absolute atomic E-state index is 0.0236. The molecular weight excluding hydrogens is 741 g/mol. The normalized spacial score (nSPS) is 25.5. The number of hydrogen-bond acceptors (Lipinski definition) is 7. The average Bonchev–Trinajstić information content (AvgIpc) is 3.71. The van der Waals surface area contributed by atoms with E-state index in [2.05, 4.69) is 53.1 Å². The predicted molar refractivity (Wildman–Crippen MR) is 227 cm³/mol. The van der Waals surface area contributed by atoms with Gasteiger partial charge in [0.1, 0.15) is 12.1 Å². The largest absolute Gasteiger partial charge is 0.381 e. The molecule has 5 aliphatic rings. The Morgan fingerprint density at radius 3 is 1.92 bits per heavy atom. The average molecular weight is 803 g/mol. The van der Waals surface area contributed by atoms with E-state index in [9.17, 15) is 19.2 Å². The first-order chi connectivity index (χ1) is 28.4. The van der Waals surface area contributed by atoms with Crippen molar-refractivity contribution in [1.82, 2.24) is 20.4 Å². The molecule has 3 heterocycles. The van der Waals surface area contributed by atoms with E-state index in [1.807, 2.05) is 45.0 Å². The molecule has 0 bridgehead atoms. The molecule has 6 N–H and O–H groups in total. The van der Waals surface area contributed by atoms with Gasteiger partial charge in [-0.05, 0) is 108 Å². The van der Waals surface area contributed by atoms with E-state index >= 15 is 0 Å². The maximum absolute atomic E-state index is 14.5. The molecule has 3 aromatic rings. The van der Waals surface area contributed by atoms with Crippen LogP contribution in [0.5, 0.6) is 0 Å². The third kappa shape index (κ3) is 8.56. The van der Waals surface area contributed by atoms with Crippen molar-refractivity contribution < 1.29 is 23.9 Å². The van der Waals surface area contributed by atoms with Crippen molar-refractivity contribution in [3.8, 4) is 0 Å². The van der Waals surface area contributed by atoms with Gasteiger partial charge >= 0.3 is 0 Å². The first-order valence-electron chi connectivity index (χ1n) is 21.9. The fourth-order valence-corrected chi connectivity index (χ4v) is 10.3. The third-order valence-electron chi connectivity index (χ3n) is 13.9. The lowest BCUT2D eigenvalue weighted by Gasteiger charge is -2.40. The van der Waals surface area contributed by atoms with E-state index in [0.29, 0.717) is 45.4 Å². The molecule has 0 spiro atoms. The van der Waals surface area contributed by atoms with Gasteiger partial charge in [-0.1, -0.05) is 87.5 Å². The van der Waals surface area contributed by atoms with Crippen LogP contribution < -0.4 is 22.1 Å². The van der Waals surface area contributed by atoms with Crippen molar-refractivity contribution in [1.29, 1.82) is 0 Å². The van der Waals surface area contributed by atoms with Crippen LogP contribution in [0, 0.1) is 11.3 Å². The Morgan fingerprint density at radius 2 is 1.31 bits per heavy atom. The van der Waals surface area contributed by atoms with Gasteiger partial charge in [-0.15, -0.1) is 0 Å². The van der Waals surface area contributed by atoms with Gasteiger partial charge in [0.15, 0.2) is 0 Å². The number of fused-ring (bicyclic) bond motifs is 3. The molecule has 3 aliphatic heterocycles. The summed E-state index contributed by atoms with van der Waals surface area (Å²) in [6.45, 7) is 7.57. The fraction of sp³-hybridized carbons (Fsp3) is 0.542. The molecule has 11 heteroatoms. The van der Waals surface area contributed by atoms with Gasteiger partial charge in [0.25, 0.3) is 0 Å². The van der Waals surface area contributed by atoms with Crippen LogP contribution >= 0.6 is 0 Å². The number of carbonyl (C=O) groups excluding carboxylic acids is 4. The zero-order valence-electron chi connectivity index (χ0n) is 35.0. The van der Waals surface area contributed by atoms with E-state index < -0.39 is 29.6 Å². The van der Waals surface area contributed by atoms with Crippen LogP contribution in [0.4, 0.5) is 0 Å². The lowest BCUT2D eigenvalue weighted by Crippen LogP contribution is -2.58. The van der Waals surface area contributed by atoms with Gasteiger partial charge in [0, 0.05) is 38.6 Å². The van der Waals surface area contributed by atoms with Gasteiger partial charge < -0.3 is 36.6 Å². The van der Waals surface area contributed by atoms with Crippen molar-refractivity contribution in [2.45, 2.75) is 134 Å². The molecule has 8 rings (SSSR count). The van der Waals surface area contributed by atoms with Gasteiger partial charge in [-0.25, -0.2) is 0 Å². The summed E-state index contributed by atoms with van der Waals surface area (Å²) >= 11 is 0. The van der Waals surface area contributed by atoms with E-state index in [4.69, 9.17) is 16.2 Å². The number of carbonyl (C=O) groups is 4. The number of amides is 4. The topological polar surface area (TPSA) is 160 Å². The Bertz CT molecular complexity index is 2060. The van der Waals surface area contributed by atoms with Gasteiger partial charge in [0.2, 0.25) is 23.6 Å². The van der Waals surface area contributed by atoms with E-state index in [1.54, 1.807) is 9.80 Å². The minimum Gasteiger partial charge on any atom is -0.381 e. The van der Waals surface area contributed by atoms with Gasteiger partial charge in [-0.3, -0.25) is 19.2 Å². The van der Waals surface area contributed by atoms with Crippen LogP contribution in [0.15, 0.2) is 66.7 Å². The number of nitrogens with two attached hydrogens (primary N) is 2. The van der Waals surface area contributed by atoms with Crippen LogP contribution in [-0.2, 0) is 49.7 Å². The quantitative estimate of drug-likeness (QED) is 0.246. The number of nitrogens with zero attached hydrogens (tertiary/aromatic N) is 2. The second kappa shape index (κ2) is 17.2. The zero-order chi connectivity index (χ0) is 41.4. The molecule has 2 aliphatic carbocycles. The van der Waals surface area contributed by atoms with Crippen LogP contribution in [-0.4, -0.2) is 77.4 Å². The Labute approximate surface area is 349 Å². The number of benzene rings is 3. The van der Waals surface area contributed by atoms with Crippen LogP contribution in [0.25, 0.3) is 0 Å². The summed E-state index contributed by atoms with van der Waals surface area (Å²) < 4.78 is 5.58. The molecule has 7 atom stereocenters. The molecule has 2 saturated heterocycles. The molecule has 0 saturated carbocycles. The fourth-order valence-electron chi connectivity index (χ4n) is 10.3. The number of rotatable bonds is 8. The van der Waals surface area contributed by atoms with E-state index in [0.717, 1.165) is 66.3 Å². The highest BCUT2D eigenvalue weighted by molar-refractivity contribution is 5.92. The van der Waals surface area contributed by atoms with Crippen molar-refractivity contribution in [2.75, 3.05) is 19.8 Å². The summed E-state index contributed by atoms with van der Waals surface area (Å²) in [6.07, 6.45) is 7.87. The Balaban J connectivity index is 1.06. The second-order valence-electron chi connectivity index (χ2n) is 18.8. The highest BCUT2D eigenvalue weighted by Gasteiger charge is 2.45. The Morgan fingerprint density at radius 1 is 0.712 bits per heavy atom. The number of nitrogens with one attached hydrogen (secondary N) is 2. The molecule has 3 aromatic carbocycles. The Kier molecular flexibility index (Phi) is 12.0. The number of ether oxygens (including phenoxy) is 1. The lowest BCUT2D eigenvalue weighted by molar-refractivity contribution is -0.144. The maximum atomic E-state index is 14.5. The first kappa shape index (κ1) is 41.2. The molecule has 2 fully saturated rings. The minimum atomic E-state index is -0.778. The van der Waals surface area contributed by atoms with Crippen LogP contribution in [0.2, 0.25) is 0 Å². The molecule has 7 unspecified atom stereocenters. The second-order valence-corrected chi connectivity index (χ2v) is 18.8. The Hall–Kier alpha value is -4.58. The molecule has 4 amide bonds. The molecule has 59 heavy (non-hydrogen) atoms. The summed E-state index contributed by atoms with van der Waals surface area (Å²) in [5.41, 5.74) is 20.6. The van der Waals surface area contributed by atoms with Crippen molar-refractivity contribution >= 4 is 23.6 Å². The molecule has 314 valence electrons. The van der Waals surface area contributed by atoms with E-state index in [1.165, 1.54) is 11.1 Å². The van der Waals surface area contributed by atoms with Crippen LogP contribution in [0.3, 0.4) is 0 Å². The lowest BCUT2D eigenvalue weighted by atomic mass is 9.85. The zero-order valence-corrected chi connectivity index (χ0v) is 35.0. The van der Waals surface area contributed by atoms with Crippen molar-refractivity contribution in [2.24, 2.45) is 22.8 Å². The van der Waals surface area contributed by atoms with Gasteiger partial charge in [0.05, 0.1) is 24.2 Å². The maximum Gasteiger partial charge on any atom is 0.243 e. The summed E-state index contributed by atoms with van der Waals surface area (Å²) in [6, 6.07) is 19.7. The van der Waals surface area contributed by atoms with Crippen molar-refractivity contribution in [3.63, 3.8) is 0 Å². The smallest absolute Gasteiger partial charge is 0.243 e. The summed E-state index contributed by atoms with van der Waals surface area (Å²) in [5, 5.41) is 6.67. The predicted octanol–water partition coefficient (Wildman–Crippen LogP) is 5.14. The number of likely N-dealkylation sites (tertiary alicyclic amines) is 1. The molecular formula is C48H62N6O5. The third-order valence-corrected chi connectivity index (χ3v) is 13.9. The molecule has 0 aromatic heterocycles. The highest BCUT2D eigenvalue weighted by Crippen LogP contribution is 2.38. The van der Waals surface area contributed by atoms with Crippen LogP contribution in [0.1, 0.15) is 123 Å². The van der Waals surface area contributed by atoms with Crippen molar-refractivity contribution in [3.05, 3.63) is 106 Å². The van der Waals surface area contributed by atoms with Gasteiger partial charge in [-0.2, -0.15) is 0 Å². The molecule has 0 radical (unpaired) electrons. The highest BCUT2D eigenvalue weighted by atomic mass is 16.5. The summed E-state index contributed by atoms with van der Waals surface area (Å²) in [7, 11) is 0. The number of hydrogen-bond donors (Lipinski definition) is 4. The standard InChI is InChI=1S/C48H62N6O5/c1-48(2,3)43(50)47(58)54-28-35(26-41(54)45(56)52-39-17-9-13-30-11-5-7-15-37(30)39)32-18-19-33-25-40(44(55)51-38-16-8-12-29-10-4-6-14-36(29)38)53(27-34(33)24-32)46(57)42(49)31-20-22-59-23-21-31/h4-7,10-11,14-15,18-19,24,31,35,38-43H,8-9,12-13,16-17,20-23,25-28,49-50H2,1-3H3,(H,51,55)(H,52,56). The SMILES string of the molecule is CC(C)(C)C(N)C(=O)N1CC(c2ccc3c(c2)CN(C(=O)C(N)C2CCOCC2)C(C(=O)NC2CCCc4ccccc42)C3)CC1C(=O)NC1CCCc2ccccc21.